The van der Waals surface area contributed by atoms with Crippen LogP contribution in [0.2, 0.25) is 10.0 Å². The minimum atomic E-state index is -0.766. The number of anilines is 1. The Labute approximate surface area is 170 Å². The molecule has 0 saturated heterocycles. The number of rotatable bonds is 5. The lowest BCUT2D eigenvalue weighted by atomic mass is 10.1. The van der Waals surface area contributed by atoms with Crippen molar-refractivity contribution < 1.29 is 23.6 Å². The van der Waals surface area contributed by atoms with E-state index in [1.807, 2.05) is 0 Å². The minimum absolute atomic E-state index is 0.0625. The van der Waals surface area contributed by atoms with E-state index in [-0.39, 0.29) is 27.2 Å². The molecule has 3 rings (SSSR count). The van der Waals surface area contributed by atoms with Crippen molar-refractivity contribution in [1.82, 2.24) is 5.16 Å². The Balaban J connectivity index is 2.01. The lowest BCUT2D eigenvalue weighted by Crippen LogP contribution is -2.14. The van der Waals surface area contributed by atoms with Gasteiger partial charge in [0.15, 0.2) is 5.56 Å². The van der Waals surface area contributed by atoms with Gasteiger partial charge in [-0.15, -0.1) is 0 Å². The highest BCUT2D eigenvalue weighted by Gasteiger charge is 2.28. The van der Waals surface area contributed by atoms with E-state index in [9.17, 15) is 9.59 Å². The Morgan fingerprint density at radius 2 is 1.68 bits per heavy atom. The molecule has 1 aromatic heterocycles. The first kappa shape index (κ1) is 19.7. The third kappa shape index (κ3) is 3.81. The molecule has 28 heavy (non-hydrogen) atoms. The molecule has 2 aromatic carbocycles. The van der Waals surface area contributed by atoms with Crippen molar-refractivity contribution in [3.63, 3.8) is 0 Å². The number of aromatic nitrogens is 1. The second-order valence-electron chi connectivity index (χ2n) is 5.51. The molecule has 0 bridgehead atoms. The number of carbonyl (C=O) groups excluding carboxylic acids is 2. The number of hydrogen-bond donors (Lipinski definition) is 1. The van der Waals surface area contributed by atoms with Gasteiger partial charge >= 0.3 is 5.97 Å². The van der Waals surface area contributed by atoms with E-state index in [0.29, 0.717) is 16.9 Å². The Bertz CT molecular complexity index is 1010. The van der Waals surface area contributed by atoms with Crippen molar-refractivity contribution >= 4 is 41.0 Å². The molecule has 0 aliphatic rings. The molecule has 3 aromatic rings. The number of ether oxygens (including phenoxy) is 2. The lowest BCUT2D eigenvalue weighted by molar-refractivity contribution is 0.0602. The van der Waals surface area contributed by atoms with Gasteiger partial charge in [-0.3, -0.25) is 10.1 Å². The number of benzene rings is 2. The van der Waals surface area contributed by atoms with Gasteiger partial charge in [0.1, 0.15) is 11.4 Å². The fourth-order valence-corrected chi connectivity index (χ4v) is 3.06. The maximum absolute atomic E-state index is 12.5. The number of hydrogen-bond acceptors (Lipinski definition) is 6. The highest BCUT2D eigenvalue weighted by molar-refractivity contribution is 6.39. The summed E-state index contributed by atoms with van der Waals surface area (Å²) in [6, 6.07) is 11.2. The number of methoxy groups -OCH3 is 2. The van der Waals surface area contributed by atoms with Crippen molar-refractivity contribution in [2.45, 2.75) is 0 Å². The smallest absolute Gasteiger partial charge is 0.345 e. The predicted molar refractivity (Wildman–Crippen MR) is 104 cm³/mol. The van der Waals surface area contributed by atoms with Crippen LogP contribution in [0.15, 0.2) is 47.0 Å². The summed E-state index contributed by atoms with van der Waals surface area (Å²) in [6.45, 7) is 0. The van der Waals surface area contributed by atoms with E-state index >= 15 is 0 Å². The molecular weight excluding hydrogens is 407 g/mol. The predicted octanol–water partition coefficient (Wildman–Crippen LogP) is 4.70. The van der Waals surface area contributed by atoms with E-state index in [4.69, 9.17) is 37.2 Å². The highest BCUT2D eigenvalue weighted by atomic mass is 35.5. The standard InChI is InChI=1S/C19H14Cl2N2O5/c1-26-11-8-6-10(7-9-11)17(24)22-18-15(19(25)27-2)16(23-28-18)14-12(20)4-3-5-13(14)21/h3-9H,1-2H3,(H,22,24). The first-order chi connectivity index (χ1) is 13.5. The van der Waals surface area contributed by atoms with Crippen LogP contribution in [0.1, 0.15) is 20.7 Å². The molecule has 0 atom stereocenters. The number of carbonyl (C=O) groups is 2. The molecule has 144 valence electrons. The molecule has 0 unspecified atom stereocenters. The third-order valence-electron chi connectivity index (χ3n) is 3.86. The van der Waals surface area contributed by atoms with Crippen LogP contribution >= 0.6 is 23.2 Å². The fraction of sp³-hybridized carbons (Fsp3) is 0.105. The third-order valence-corrected chi connectivity index (χ3v) is 4.49. The maximum Gasteiger partial charge on any atom is 0.345 e. The summed E-state index contributed by atoms with van der Waals surface area (Å²) in [5.41, 5.74) is 0.581. The molecule has 1 amide bonds. The van der Waals surface area contributed by atoms with Gasteiger partial charge in [-0.05, 0) is 36.4 Å². The molecule has 9 heteroatoms. The van der Waals surface area contributed by atoms with Crippen LogP contribution in [0.4, 0.5) is 5.88 Å². The summed E-state index contributed by atoms with van der Waals surface area (Å²) in [5.74, 6) is -0.862. The summed E-state index contributed by atoms with van der Waals surface area (Å²) in [5, 5.41) is 6.91. The van der Waals surface area contributed by atoms with Crippen molar-refractivity contribution in [2.24, 2.45) is 0 Å². The van der Waals surface area contributed by atoms with Crippen molar-refractivity contribution in [3.05, 3.63) is 63.6 Å². The van der Waals surface area contributed by atoms with Gasteiger partial charge in [-0.1, -0.05) is 34.4 Å². The highest BCUT2D eigenvalue weighted by Crippen LogP contribution is 2.38. The molecule has 0 aliphatic heterocycles. The topological polar surface area (TPSA) is 90.7 Å². The summed E-state index contributed by atoms with van der Waals surface area (Å²) in [4.78, 5) is 24.8. The number of nitrogens with zero attached hydrogens (tertiary/aromatic N) is 1. The maximum atomic E-state index is 12.5. The SMILES string of the molecule is COC(=O)c1c(-c2c(Cl)cccc2Cl)noc1NC(=O)c1ccc(OC)cc1. The van der Waals surface area contributed by atoms with E-state index in [1.54, 1.807) is 42.5 Å². The molecule has 0 spiro atoms. The van der Waals surface area contributed by atoms with Gasteiger partial charge in [-0.25, -0.2) is 4.79 Å². The van der Waals surface area contributed by atoms with E-state index in [0.717, 1.165) is 0 Å². The Kier molecular flexibility index (Phi) is 5.87. The number of esters is 1. The quantitative estimate of drug-likeness (QED) is 0.601. The first-order valence-electron chi connectivity index (χ1n) is 7.94. The summed E-state index contributed by atoms with van der Waals surface area (Å²) in [6.07, 6.45) is 0. The van der Waals surface area contributed by atoms with Crippen molar-refractivity contribution in [2.75, 3.05) is 19.5 Å². The Hall–Kier alpha value is -3.03. The monoisotopic (exact) mass is 420 g/mol. The molecule has 7 nitrogen and oxygen atoms in total. The van der Waals surface area contributed by atoms with Crippen LogP contribution in [-0.4, -0.2) is 31.3 Å². The van der Waals surface area contributed by atoms with Crippen LogP contribution in [0.3, 0.4) is 0 Å². The molecule has 0 fully saturated rings. The van der Waals surface area contributed by atoms with E-state index in [1.165, 1.54) is 14.2 Å². The number of nitrogens with one attached hydrogen (secondary N) is 1. The van der Waals surface area contributed by atoms with Crippen LogP contribution in [0.25, 0.3) is 11.3 Å². The number of halogens is 2. The van der Waals surface area contributed by atoms with Crippen LogP contribution in [0.5, 0.6) is 5.75 Å². The lowest BCUT2D eigenvalue weighted by Gasteiger charge is -2.07. The largest absolute Gasteiger partial charge is 0.497 e. The zero-order chi connectivity index (χ0) is 20.3. The molecule has 1 N–H and O–H groups in total. The zero-order valence-corrected chi connectivity index (χ0v) is 16.3. The first-order valence-corrected chi connectivity index (χ1v) is 8.69. The average Bonchev–Trinajstić information content (AvgIpc) is 3.10. The van der Waals surface area contributed by atoms with Gasteiger partial charge in [-0.2, -0.15) is 0 Å². The van der Waals surface area contributed by atoms with Crippen LogP contribution in [-0.2, 0) is 4.74 Å². The van der Waals surface area contributed by atoms with Crippen molar-refractivity contribution in [3.8, 4) is 17.0 Å². The van der Waals surface area contributed by atoms with E-state index < -0.39 is 11.9 Å². The van der Waals surface area contributed by atoms with Crippen LogP contribution in [0, 0.1) is 0 Å². The average molecular weight is 421 g/mol. The van der Waals surface area contributed by atoms with Gasteiger partial charge < -0.3 is 14.0 Å². The van der Waals surface area contributed by atoms with Gasteiger partial charge in [0.25, 0.3) is 5.91 Å². The Morgan fingerprint density at radius 1 is 1.04 bits per heavy atom. The van der Waals surface area contributed by atoms with Crippen molar-refractivity contribution in [1.29, 1.82) is 0 Å². The molecular formula is C19H14Cl2N2O5. The summed E-state index contributed by atoms with van der Waals surface area (Å²) >= 11 is 12.4. The van der Waals surface area contributed by atoms with Gasteiger partial charge in [0, 0.05) is 11.1 Å². The normalized spacial score (nSPS) is 10.4. The zero-order valence-electron chi connectivity index (χ0n) is 14.8. The Morgan fingerprint density at radius 3 is 2.25 bits per heavy atom. The summed E-state index contributed by atoms with van der Waals surface area (Å²) < 4.78 is 15.1. The second-order valence-corrected chi connectivity index (χ2v) is 6.32. The molecule has 0 radical (unpaired) electrons. The van der Waals surface area contributed by atoms with E-state index in [2.05, 4.69) is 10.5 Å². The second kappa shape index (κ2) is 8.33. The molecule has 0 saturated carbocycles. The minimum Gasteiger partial charge on any atom is -0.497 e. The molecule has 1 heterocycles. The van der Waals surface area contributed by atoms with Gasteiger partial charge in [0.05, 0.1) is 24.3 Å². The van der Waals surface area contributed by atoms with Crippen LogP contribution < -0.4 is 10.1 Å². The van der Waals surface area contributed by atoms with Gasteiger partial charge in [0.2, 0.25) is 5.88 Å². The number of amides is 1. The summed E-state index contributed by atoms with van der Waals surface area (Å²) in [7, 11) is 2.72. The molecule has 0 aliphatic carbocycles. The fourth-order valence-electron chi connectivity index (χ4n) is 2.48.